The molecule has 0 aliphatic carbocycles. The van der Waals surface area contributed by atoms with Crippen molar-refractivity contribution in [3.8, 4) is 5.75 Å². The predicted octanol–water partition coefficient (Wildman–Crippen LogP) is 5.38. The van der Waals surface area contributed by atoms with Gasteiger partial charge in [0.15, 0.2) is 0 Å². The molecule has 0 radical (unpaired) electrons. The van der Waals surface area contributed by atoms with Crippen LogP contribution >= 0.6 is 34.5 Å². The monoisotopic (exact) mass is 396 g/mol. The number of nitrogens with zero attached hydrogens (tertiary/aromatic N) is 1. The van der Waals surface area contributed by atoms with Crippen LogP contribution < -0.4 is 10.1 Å². The number of ether oxygens (including phenoxy) is 1. The van der Waals surface area contributed by atoms with Crippen LogP contribution in [0, 0.1) is 10.1 Å². The summed E-state index contributed by atoms with van der Waals surface area (Å²) in [5.74, 6) is -0.271. The van der Waals surface area contributed by atoms with Crippen LogP contribution in [0.1, 0.15) is 9.67 Å². The number of benzene rings is 2. The average Bonchev–Trinajstić information content (AvgIpc) is 2.93. The van der Waals surface area contributed by atoms with E-state index >= 15 is 0 Å². The van der Waals surface area contributed by atoms with Crippen molar-refractivity contribution in [1.29, 1.82) is 0 Å². The zero-order valence-electron chi connectivity index (χ0n) is 12.7. The quantitative estimate of drug-likeness (QED) is 0.474. The molecule has 128 valence electrons. The number of hydrogen-bond donors (Lipinski definition) is 1. The van der Waals surface area contributed by atoms with Gasteiger partial charge in [-0.2, -0.15) is 0 Å². The molecule has 1 N–H and O–H groups in total. The van der Waals surface area contributed by atoms with Crippen molar-refractivity contribution in [2.24, 2.45) is 0 Å². The lowest BCUT2D eigenvalue weighted by Crippen LogP contribution is -2.11. The van der Waals surface area contributed by atoms with Crippen LogP contribution in [0.2, 0.25) is 10.0 Å². The summed E-state index contributed by atoms with van der Waals surface area (Å²) in [6.07, 6.45) is 0. The molecule has 1 amide bonds. The number of non-ortho nitro benzene ring substituents is 1. The van der Waals surface area contributed by atoms with Crippen molar-refractivity contribution in [2.45, 2.75) is 0 Å². The number of anilines is 1. The molecule has 0 atom stereocenters. The lowest BCUT2D eigenvalue weighted by atomic mass is 10.2. The third-order valence-electron chi connectivity index (χ3n) is 3.46. The molecular weight excluding hydrogens is 387 g/mol. The molecule has 0 spiro atoms. The van der Waals surface area contributed by atoms with E-state index in [4.69, 9.17) is 27.9 Å². The van der Waals surface area contributed by atoms with Crippen molar-refractivity contribution in [1.82, 2.24) is 0 Å². The summed E-state index contributed by atoms with van der Waals surface area (Å²) in [4.78, 5) is 23.2. The van der Waals surface area contributed by atoms with Crippen LogP contribution in [0.15, 0.2) is 36.4 Å². The highest BCUT2D eigenvalue weighted by Crippen LogP contribution is 2.40. The largest absolute Gasteiger partial charge is 0.494 e. The summed E-state index contributed by atoms with van der Waals surface area (Å²) in [7, 11) is 1.36. The second-order valence-corrected chi connectivity index (χ2v) is 6.79. The Bertz CT molecular complexity index is 1000. The first-order valence-corrected chi connectivity index (χ1v) is 8.50. The molecule has 3 rings (SSSR count). The fraction of sp³-hybridized carbons (Fsp3) is 0.0625. The van der Waals surface area contributed by atoms with Gasteiger partial charge < -0.3 is 10.1 Å². The second kappa shape index (κ2) is 6.87. The molecule has 1 aromatic heterocycles. The molecule has 0 fully saturated rings. The van der Waals surface area contributed by atoms with E-state index in [1.165, 1.54) is 36.6 Å². The predicted molar refractivity (Wildman–Crippen MR) is 99.4 cm³/mol. The smallest absolute Gasteiger partial charge is 0.273 e. The first kappa shape index (κ1) is 17.5. The molecule has 1 heterocycles. The van der Waals surface area contributed by atoms with Crippen LogP contribution in [0.25, 0.3) is 10.1 Å². The lowest BCUT2D eigenvalue weighted by molar-refractivity contribution is -0.384. The Morgan fingerprint density at radius 3 is 2.68 bits per heavy atom. The lowest BCUT2D eigenvalue weighted by Gasteiger charge is -2.09. The van der Waals surface area contributed by atoms with Gasteiger partial charge in [0.25, 0.3) is 11.6 Å². The number of nitrogens with one attached hydrogen (secondary N) is 1. The molecule has 0 aliphatic heterocycles. The maximum atomic E-state index is 12.6. The van der Waals surface area contributed by atoms with E-state index in [0.717, 1.165) is 4.70 Å². The number of rotatable bonds is 4. The Labute approximate surface area is 156 Å². The highest BCUT2D eigenvalue weighted by atomic mass is 35.5. The zero-order valence-corrected chi connectivity index (χ0v) is 15.0. The number of methoxy groups -OCH3 is 1. The van der Waals surface area contributed by atoms with Gasteiger partial charge in [-0.3, -0.25) is 14.9 Å². The summed E-state index contributed by atoms with van der Waals surface area (Å²) >= 11 is 13.7. The molecule has 25 heavy (non-hydrogen) atoms. The van der Waals surface area contributed by atoms with Crippen LogP contribution in [-0.2, 0) is 0 Å². The zero-order chi connectivity index (χ0) is 18.1. The minimum absolute atomic E-state index is 0.137. The Kier molecular flexibility index (Phi) is 4.80. The first-order valence-electron chi connectivity index (χ1n) is 6.92. The fourth-order valence-corrected chi connectivity index (χ4v) is 4.14. The maximum Gasteiger partial charge on any atom is 0.273 e. The molecular formula is C16H10Cl2N2O4S. The van der Waals surface area contributed by atoms with E-state index in [1.807, 2.05) is 6.07 Å². The Hall–Kier alpha value is -2.35. The van der Waals surface area contributed by atoms with Gasteiger partial charge in [-0.15, -0.1) is 11.3 Å². The number of halogens is 2. The van der Waals surface area contributed by atoms with Gasteiger partial charge in [0.1, 0.15) is 10.6 Å². The van der Waals surface area contributed by atoms with Gasteiger partial charge in [-0.05, 0) is 18.2 Å². The standard InChI is InChI=1S/C16H10Cl2N2O4S/c1-24-11-7-8(20(22)23)5-6-10(11)19-16(21)15-14(18)13-9(17)3-2-4-12(13)25-15/h2-7H,1H3,(H,19,21). The Morgan fingerprint density at radius 1 is 1.28 bits per heavy atom. The SMILES string of the molecule is COc1cc([N+](=O)[O-])ccc1NC(=O)c1sc2cccc(Cl)c2c1Cl. The Morgan fingerprint density at radius 2 is 2.04 bits per heavy atom. The molecule has 6 nitrogen and oxygen atoms in total. The summed E-state index contributed by atoms with van der Waals surface area (Å²) in [6.45, 7) is 0. The summed E-state index contributed by atoms with van der Waals surface area (Å²) < 4.78 is 5.90. The highest BCUT2D eigenvalue weighted by molar-refractivity contribution is 7.21. The highest BCUT2D eigenvalue weighted by Gasteiger charge is 2.20. The van der Waals surface area contributed by atoms with Gasteiger partial charge in [0.05, 0.1) is 33.8 Å². The molecule has 0 saturated heterocycles. The van der Waals surface area contributed by atoms with Crippen LogP contribution in [0.4, 0.5) is 11.4 Å². The topological polar surface area (TPSA) is 81.5 Å². The number of thiophene rings is 1. The molecule has 0 unspecified atom stereocenters. The molecule has 9 heteroatoms. The van der Waals surface area contributed by atoms with Crippen molar-refractivity contribution in [3.63, 3.8) is 0 Å². The number of nitro benzene ring substituents is 1. The second-order valence-electron chi connectivity index (χ2n) is 4.95. The molecule has 0 saturated carbocycles. The third-order valence-corrected chi connectivity index (χ3v) is 5.42. The number of amides is 1. The number of carbonyl (C=O) groups excluding carboxylic acids is 1. The maximum absolute atomic E-state index is 12.6. The van der Waals surface area contributed by atoms with E-state index < -0.39 is 10.8 Å². The number of fused-ring (bicyclic) bond motifs is 1. The minimum atomic E-state index is -0.543. The van der Waals surface area contributed by atoms with Gasteiger partial charge in [0.2, 0.25) is 0 Å². The van der Waals surface area contributed by atoms with Crippen LogP contribution in [-0.4, -0.2) is 17.9 Å². The van der Waals surface area contributed by atoms with Gasteiger partial charge >= 0.3 is 0 Å². The average molecular weight is 397 g/mol. The third kappa shape index (κ3) is 3.26. The number of nitro groups is 1. The molecule has 2 aromatic carbocycles. The summed E-state index contributed by atoms with van der Waals surface area (Å²) in [6, 6.07) is 9.21. The van der Waals surface area contributed by atoms with E-state index in [1.54, 1.807) is 12.1 Å². The normalized spacial score (nSPS) is 10.7. The van der Waals surface area contributed by atoms with Crippen LogP contribution in [0.3, 0.4) is 0 Å². The van der Waals surface area contributed by atoms with Crippen molar-refractivity contribution < 1.29 is 14.5 Å². The fourth-order valence-electron chi connectivity index (χ4n) is 2.29. The van der Waals surface area contributed by atoms with Gasteiger partial charge in [-0.1, -0.05) is 29.3 Å². The number of carbonyl (C=O) groups is 1. The van der Waals surface area contributed by atoms with Crippen LogP contribution in [0.5, 0.6) is 5.75 Å². The minimum Gasteiger partial charge on any atom is -0.494 e. The molecule has 3 aromatic rings. The molecule has 0 bridgehead atoms. The number of hydrogen-bond acceptors (Lipinski definition) is 5. The van der Waals surface area contributed by atoms with E-state index in [9.17, 15) is 14.9 Å². The van der Waals surface area contributed by atoms with Gasteiger partial charge in [-0.25, -0.2) is 0 Å². The van der Waals surface area contributed by atoms with Gasteiger partial charge in [0, 0.05) is 16.2 Å². The molecule has 0 aliphatic rings. The summed E-state index contributed by atoms with van der Waals surface area (Å²) in [5, 5.41) is 14.8. The summed E-state index contributed by atoms with van der Waals surface area (Å²) in [5.41, 5.74) is 0.166. The Balaban J connectivity index is 1.97. The van der Waals surface area contributed by atoms with Crippen molar-refractivity contribution in [3.05, 3.63) is 61.4 Å². The van der Waals surface area contributed by atoms with Crippen molar-refractivity contribution in [2.75, 3.05) is 12.4 Å². The van der Waals surface area contributed by atoms with E-state index in [-0.39, 0.29) is 16.5 Å². The van der Waals surface area contributed by atoms with Crippen molar-refractivity contribution >= 4 is 61.9 Å². The van der Waals surface area contributed by atoms with E-state index in [0.29, 0.717) is 21.0 Å². The first-order chi connectivity index (χ1) is 11.9. The van der Waals surface area contributed by atoms with E-state index in [2.05, 4.69) is 5.32 Å².